The fraction of sp³-hybridized carbons (Fsp3) is 0.368. The lowest BCUT2D eigenvalue weighted by Gasteiger charge is -2.18. The van der Waals surface area contributed by atoms with Gasteiger partial charge in [-0.25, -0.2) is 15.0 Å². The molecule has 9 rings (SSSR count). The van der Waals surface area contributed by atoms with Crippen LogP contribution in [-0.2, 0) is 85.1 Å². The molecule has 0 radical (unpaired) electrons. The Kier molecular flexibility index (Phi) is 26.6. The summed E-state index contributed by atoms with van der Waals surface area (Å²) in [7, 11) is 16.3. The summed E-state index contributed by atoms with van der Waals surface area (Å²) in [6, 6.07) is 5.82. The molecule has 9 heterocycles. The second-order valence-corrected chi connectivity index (χ2v) is 26.8. The number of nitrogens with one attached hydrogen (secondary N) is 14. The van der Waals surface area contributed by atoms with Gasteiger partial charge in [-0.15, -0.1) is 11.8 Å². The van der Waals surface area contributed by atoms with Gasteiger partial charge < -0.3 is 116 Å². The molecule has 14 N–H and O–H groups in total. The molecule has 8 aromatic rings. The molecule has 16 bridgehead atoms. The van der Waals surface area contributed by atoms with Crippen LogP contribution in [0.5, 0.6) is 0 Å². The normalized spacial score (nSPS) is 15.9. The first kappa shape index (κ1) is 80.0. The monoisotopic (exact) mass is 1520 g/mol. The fourth-order valence-corrected chi connectivity index (χ4v) is 12.0. The van der Waals surface area contributed by atoms with Crippen LogP contribution in [0.4, 0.5) is 45.9 Å². The minimum atomic E-state index is -1.25. The Morgan fingerprint density at radius 1 is 0.422 bits per heavy atom. The van der Waals surface area contributed by atoms with Gasteiger partial charge in [0.05, 0.1) is 34.2 Å². The van der Waals surface area contributed by atoms with Gasteiger partial charge in [0.15, 0.2) is 17.5 Å². The number of anilines is 8. The summed E-state index contributed by atoms with van der Waals surface area (Å²) in [5, 5.41) is 37.7. The van der Waals surface area contributed by atoms with E-state index < -0.39 is 82.8 Å². The third-order valence-electron chi connectivity index (χ3n) is 16.6. The Morgan fingerprint density at radius 2 is 0.807 bits per heavy atom. The van der Waals surface area contributed by atoms with Crippen molar-refractivity contribution in [2.24, 2.45) is 56.4 Å². The van der Waals surface area contributed by atoms with E-state index in [4.69, 9.17) is 0 Å². The van der Waals surface area contributed by atoms with E-state index in [9.17, 15) is 67.1 Å². The number of amides is 14. The summed E-state index contributed by atoms with van der Waals surface area (Å²) in [5.41, 5.74) is 1.70. The molecule has 1 aliphatic heterocycles. The van der Waals surface area contributed by atoms with E-state index in [1.807, 2.05) is 19.0 Å². The highest BCUT2D eigenvalue weighted by molar-refractivity contribution is 8.00. The van der Waals surface area contributed by atoms with Crippen LogP contribution in [0.3, 0.4) is 0 Å². The van der Waals surface area contributed by atoms with Crippen molar-refractivity contribution < 1.29 is 67.1 Å². The number of carbonyl (C=O) groups is 14. The quantitative estimate of drug-likeness (QED) is 0.0927. The summed E-state index contributed by atoms with van der Waals surface area (Å²) >= 11 is 1.00. The number of imidazole rings is 3. The van der Waals surface area contributed by atoms with E-state index in [-0.39, 0.29) is 168 Å². The lowest BCUT2D eigenvalue weighted by molar-refractivity contribution is -0.123. The Hall–Kier alpha value is -13.1. The first-order valence-corrected chi connectivity index (χ1v) is 35.3. The van der Waals surface area contributed by atoms with Gasteiger partial charge in [0.25, 0.3) is 47.3 Å². The standard InChI is InChI=1S/C68H86N26O14S/c1-86(2)22-12-18-69-52(95)14-19-71-60(100)43-36-109-37-56(99)75-39-24-48(90(6)29-39)65(105)85-51-35-92(8)57(84-51)66(106)73-21-16-55(98)81-50-34-94(10)59(83-50)68(108)77-41-25-44(87(3)31-41)61(101)70-17-11-13-53(96)80-49-33-93(9)58(82-49)67(107)78-42-26-45(88(4)32-42)62(102)72-20-15-54(97)74-38-23-46(89(5)28-38)63(103)76-40-27-47(64(104)79-43)91(7)30-40/h23-35,43H,11-22,36-37H2,1-10H3,(H,69,95)(H,70,101)(H,71,100)(H,72,102)(H,73,106)(H,74,97)(H,75,99)(H,76,103)(H,77,108)(H,78,107)(H,79,104)(H,80,96)(H,81,98)(H,85,105)/t43-/m1/s1. The zero-order valence-electron chi connectivity index (χ0n) is 61.5. The highest BCUT2D eigenvalue weighted by Crippen LogP contribution is 2.23. The molecule has 0 spiro atoms. The maximum atomic E-state index is 14.0. The Bertz CT molecular complexity index is 4820. The number of hydrogen-bond acceptors (Lipinski definition) is 19. The van der Waals surface area contributed by atoms with Crippen LogP contribution in [0.25, 0.3) is 0 Å². The minimum Gasteiger partial charge on any atom is -0.356 e. The molecule has 0 saturated carbocycles. The second kappa shape index (κ2) is 36.3. The van der Waals surface area contributed by atoms with Gasteiger partial charge >= 0.3 is 0 Å². The van der Waals surface area contributed by atoms with Crippen molar-refractivity contribution in [3.05, 3.63) is 126 Å². The topological polar surface area (TPSA) is 489 Å². The van der Waals surface area contributed by atoms with Crippen molar-refractivity contribution in [3.8, 4) is 0 Å². The van der Waals surface area contributed by atoms with Crippen molar-refractivity contribution in [1.82, 2.24) is 88.3 Å². The lowest BCUT2D eigenvalue weighted by Crippen LogP contribution is -2.49. The third-order valence-corrected chi connectivity index (χ3v) is 17.6. The molecule has 40 nitrogen and oxygen atoms in total. The second-order valence-electron chi connectivity index (χ2n) is 25.8. The molecular formula is C68H86N26O14S. The molecule has 41 heteroatoms. The molecule has 0 aliphatic carbocycles. The summed E-state index contributed by atoms with van der Waals surface area (Å²) in [5.74, 6) is -8.61. The van der Waals surface area contributed by atoms with Gasteiger partial charge in [0.2, 0.25) is 52.9 Å². The average molecular weight is 1520 g/mol. The van der Waals surface area contributed by atoms with E-state index in [0.717, 1.165) is 18.3 Å². The van der Waals surface area contributed by atoms with Crippen molar-refractivity contribution in [2.75, 3.05) is 107 Å². The Balaban J connectivity index is 0.853. The van der Waals surface area contributed by atoms with Crippen LogP contribution in [0.2, 0.25) is 0 Å². The number of nitrogens with zero attached hydrogens (tertiary/aromatic N) is 12. The lowest BCUT2D eigenvalue weighted by atomic mass is 10.2. The summed E-state index contributed by atoms with van der Waals surface area (Å²) in [6.45, 7) is 0.933. The molecule has 1 aliphatic rings. The van der Waals surface area contributed by atoms with E-state index in [2.05, 4.69) is 89.4 Å². The van der Waals surface area contributed by atoms with E-state index in [0.29, 0.717) is 13.0 Å². The van der Waals surface area contributed by atoms with Crippen LogP contribution in [0.15, 0.2) is 79.9 Å². The molecule has 578 valence electrons. The molecule has 1 atom stereocenters. The zero-order valence-corrected chi connectivity index (χ0v) is 62.3. The molecule has 109 heavy (non-hydrogen) atoms. The minimum absolute atomic E-state index is 0.000548. The number of aryl methyl sites for hydroxylation is 8. The van der Waals surface area contributed by atoms with Gasteiger partial charge in [-0.3, -0.25) is 67.1 Å². The van der Waals surface area contributed by atoms with Gasteiger partial charge in [-0.2, -0.15) is 0 Å². The highest BCUT2D eigenvalue weighted by Gasteiger charge is 2.28. The maximum Gasteiger partial charge on any atom is 0.291 e. The first-order valence-electron chi connectivity index (χ1n) is 34.1. The van der Waals surface area contributed by atoms with Crippen molar-refractivity contribution in [3.63, 3.8) is 0 Å². The van der Waals surface area contributed by atoms with Gasteiger partial charge in [-0.1, -0.05) is 0 Å². The summed E-state index contributed by atoms with van der Waals surface area (Å²) in [6.07, 6.45) is 12.1. The summed E-state index contributed by atoms with van der Waals surface area (Å²) < 4.78 is 11.4. The van der Waals surface area contributed by atoms with E-state index >= 15 is 0 Å². The van der Waals surface area contributed by atoms with Crippen LogP contribution in [-0.4, -0.2) is 210 Å². The number of thioether (sulfide) groups is 1. The molecule has 0 aromatic carbocycles. The molecule has 0 unspecified atom stereocenters. The fourth-order valence-electron chi connectivity index (χ4n) is 11.2. The third kappa shape index (κ3) is 22.0. The SMILES string of the molecule is CN(C)CCCNC(=O)CCNC(=O)[C@H]1CSCC(=O)Nc2cc(n(C)c2)C(=O)Nc2cn(C)c(n2)C(=O)NCCC(=O)Nc2cn(C)c(n2)C(=O)Nc2cc(n(C)c2)C(=O)NCCCC(=O)Nc2cn(C)c(n2)C(=O)Nc2cc(n(C)c2)C(=O)NCCC(=O)Nc2cc(n(C)c2)C(=O)Nc2cc(n(C)c2)C(=O)N1. The van der Waals surface area contributed by atoms with E-state index in [1.165, 1.54) is 131 Å². The molecule has 0 saturated heterocycles. The zero-order chi connectivity index (χ0) is 78.9. The Morgan fingerprint density at radius 3 is 1.29 bits per heavy atom. The number of aromatic nitrogens is 11. The predicted molar refractivity (Wildman–Crippen MR) is 401 cm³/mol. The molecule has 0 fully saturated rings. The highest BCUT2D eigenvalue weighted by atomic mass is 32.2. The largest absolute Gasteiger partial charge is 0.356 e. The van der Waals surface area contributed by atoms with Crippen molar-refractivity contribution in [1.29, 1.82) is 0 Å². The van der Waals surface area contributed by atoms with Gasteiger partial charge in [0, 0.05) is 170 Å². The molecular weight excluding hydrogens is 1440 g/mol. The number of hydrogen-bond donors (Lipinski definition) is 14. The number of fused-ring (bicyclic) bond motifs is 16. The van der Waals surface area contributed by atoms with Crippen LogP contribution in [0.1, 0.15) is 123 Å². The predicted octanol–water partition coefficient (Wildman–Crippen LogP) is 0.613. The number of carbonyl (C=O) groups excluding carboxylic acids is 14. The van der Waals surface area contributed by atoms with Crippen molar-refractivity contribution in [2.45, 2.75) is 44.6 Å². The molecule has 8 aromatic heterocycles. The average Bonchev–Trinajstić information content (AvgIpc) is 1.69. The first-order chi connectivity index (χ1) is 51.8. The van der Waals surface area contributed by atoms with E-state index in [1.54, 1.807) is 42.3 Å². The van der Waals surface area contributed by atoms with Gasteiger partial charge in [0.1, 0.15) is 34.5 Å². The summed E-state index contributed by atoms with van der Waals surface area (Å²) in [4.78, 5) is 202. The van der Waals surface area contributed by atoms with Crippen LogP contribution >= 0.6 is 11.8 Å². The van der Waals surface area contributed by atoms with Crippen LogP contribution in [0, 0.1) is 0 Å². The molecule has 14 amide bonds. The van der Waals surface area contributed by atoms with Crippen LogP contribution < -0.4 is 74.4 Å². The maximum absolute atomic E-state index is 14.0. The number of rotatable bonds is 8. The smallest absolute Gasteiger partial charge is 0.291 e. The Labute approximate surface area is 627 Å². The van der Waals surface area contributed by atoms with Crippen molar-refractivity contribution >= 4 is 140 Å². The van der Waals surface area contributed by atoms with Gasteiger partial charge in [-0.05, 0) is 63.8 Å².